The molecule has 2 aliphatic carbocycles. The van der Waals surface area contributed by atoms with Crippen LogP contribution < -0.4 is 10.6 Å². The molecule has 2 saturated carbocycles. The van der Waals surface area contributed by atoms with Crippen molar-refractivity contribution in [2.45, 2.75) is 43.8 Å². The number of nitrogens with zero attached hydrogens (tertiary/aromatic N) is 2. The highest BCUT2D eigenvalue weighted by atomic mass is 32.2. The van der Waals surface area contributed by atoms with Crippen molar-refractivity contribution >= 4 is 29.3 Å². The number of amides is 2. The van der Waals surface area contributed by atoms with Gasteiger partial charge in [0, 0.05) is 24.2 Å². The maximum absolute atomic E-state index is 12.2. The Balaban J connectivity index is 1.31. The van der Waals surface area contributed by atoms with Crippen LogP contribution in [0.25, 0.3) is 11.4 Å². The van der Waals surface area contributed by atoms with Gasteiger partial charge in [0.2, 0.25) is 17.0 Å². The van der Waals surface area contributed by atoms with E-state index in [4.69, 9.17) is 0 Å². The number of aromatic amines is 1. The lowest BCUT2D eigenvalue weighted by atomic mass is 9.95. The number of aromatic nitrogens is 3. The molecule has 4 rings (SSSR count). The zero-order valence-corrected chi connectivity index (χ0v) is 16.0. The third-order valence-electron chi connectivity index (χ3n) is 5.34. The van der Waals surface area contributed by atoms with E-state index in [1.54, 1.807) is 0 Å². The number of anilines is 1. The maximum Gasteiger partial charge on any atom is 0.230 e. The van der Waals surface area contributed by atoms with E-state index in [1.807, 2.05) is 24.3 Å². The first-order valence-corrected chi connectivity index (χ1v) is 10.3. The van der Waals surface area contributed by atoms with Gasteiger partial charge in [0.1, 0.15) is 0 Å². The Morgan fingerprint density at radius 3 is 2.93 bits per heavy atom. The lowest BCUT2D eigenvalue weighted by Gasteiger charge is -2.22. The Labute approximate surface area is 162 Å². The van der Waals surface area contributed by atoms with Gasteiger partial charge < -0.3 is 10.6 Å². The molecule has 27 heavy (non-hydrogen) atoms. The maximum atomic E-state index is 12.2. The number of thioether (sulfide) groups is 1. The van der Waals surface area contributed by atoms with Crippen LogP contribution in [0, 0.1) is 11.8 Å². The molecule has 1 aromatic heterocycles. The first-order valence-electron chi connectivity index (χ1n) is 9.29. The Hall–Kier alpha value is -2.35. The van der Waals surface area contributed by atoms with Crippen molar-refractivity contribution in [2.75, 3.05) is 11.1 Å². The average molecular weight is 385 g/mol. The smallest absolute Gasteiger partial charge is 0.230 e. The third kappa shape index (κ3) is 4.32. The van der Waals surface area contributed by atoms with Crippen molar-refractivity contribution in [3.8, 4) is 11.4 Å². The Bertz CT molecular complexity index is 852. The third-order valence-corrected chi connectivity index (χ3v) is 6.19. The Kier molecular flexibility index (Phi) is 5.15. The van der Waals surface area contributed by atoms with Crippen molar-refractivity contribution in [2.24, 2.45) is 11.8 Å². The van der Waals surface area contributed by atoms with E-state index in [9.17, 15) is 9.59 Å². The molecule has 2 amide bonds. The van der Waals surface area contributed by atoms with E-state index in [1.165, 1.54) is 37.9 Å². The fourth-order valence-electron chi connectivity index (χ4n) is 4.19. The molecule has 0 aliphatic heterocycles. The van der Waals surface area contributed by atoms with Crippen molar-refractivity contribution in [3.05, 3.63) is 24.3 Å². The van der Waals surface area contributed by atoms with E-state index in [0.29, 0.717) is 34.4 Å². The topological polar surface area (TPSA) is 99.8 Å². The quantitative estimate of drug-likeness (QED) is 0.664. The minimum absolute atomic E-state index is 0.0524. The largest absolute Gasteiger partial charge is 0.352 e. The normalized spacial score (nSPS) is 23.4. The molecule has 2 aliphatic rings. The minimum Gasteiger partial charge on any atom is -0.352 e. The molecule has 3 N–H and O–H groups in total. The van der Waals surface area contributed by atoms with E-state index in [0.717, 1.165) is 17.9 Å². The summed E-state index contributed by atoms with van der Waals surface area (Å²) in [6.07, 6.45) is 5.00. The molecule has 8 heteroatoms. The fourth-order valence-corrected chi connectivity index (χ4v) is 4.80. The number of H-pyrrole nitrogens is 1. The van der Waals surface area contributed by atoms with Gasteiger partial charge in [0.15, 0.2) is 5.82 Å². The fraction of sp³-hybridized carbons (Fsp3) is 0.474. The van der Waals surface area contributed by atoms with Gasteiger partial charge in [-0.1, -0.05) is 30.3 Å². The van der Waals surface area contributed by atoms with Crippen LogP contribution in [-0.4, -0.2) is 38.8 Å². The second-order valence-electron chi connectivity index (χ2n) is 7.37. The summed E-state index contributed by atoms with van der Waals surface area (Å²) in [4.78, 5) is 27.9. The van der Waals surface area contributed by atoms with Gasteiger partial charge in [-0.3, -0.25) is 14.7 Å². The van der Waals surface area contributed by atoms with Crippen LogP contribution in [0.4, 0.5) is 5.69 Å². The Morgan fingerprint density at radius 1 is 1.30 bits per heavy atom. The van der Waals surface area contributed by atoms with Crippen molar-refractivity contribution in [1.82, 2.24) is 20.5 Å². The molecular weight excluding hydrogens is 362 g/mol. The number of hydrogen-bond donors (Lipinski definition) is 3. The van der Waals surface area contributed by atoms with Crippen molar-refractivity contribution < 1.29 is 9.59 Å². The number of carbonyl (C=O) groups is 2. The van der Waals surface area contributed by atoms with Crippen LogP contribution >= 0.6 is 11.8 Å². The summed E-state index contributed by atoms with van der Waals surface area (Å²) >= 11 is 1.33. The summed E-state index contributed by atoms with van der Waals surface area (Å²) in [6, 6.07) is 7.74. The lowest BCUT2D eigenvalue weighted by molar-refractivity contribution is -0.119. The van der Waals surface area contributed by atoms with Crippen LogP contribution in [0.15, 0.2) is 29.4 Å². The second-order valence-corrected chi connectivity index (χ2v) is 8.31. The highest BCUT2D eigenvalue weighted by molar-refractivity contribution is 7.99. The first-order chi connectivity index (χ1) is 13.1. The Morgan fingerprint density at radius 2 is 2.19 bits per heavy atom. The predicted octanol–water partition coefficient (Wildman–Crippen LogP) is 2.83. The molecule has 2 aromatic rings. The van der Waals surface area contributed by atoms with Gasteiger partial charge in [-0.05, 0) is 43.2 Å². The highest BCUT2D eigenvalue weighted by Gasteiger charge is 2.39. The number of benzene rings is 1. The van der Waals surface area contributed by atoms with E-state index < -0.39 is 0 Å². The summed E-state index contributed by atoms with van der Waals surface area (Å²) in [5.41, 5.74) is 1.53. The van der Waals surface area contributed by atoms with Crippen molar-refractivity contribution in [1.29, 1.82) is 0 Å². The van der Waals surface area contributed by atoms with Gasteiger partial charge in [-0.25, -0.2) is 4.98 Å². The summed E-state index contributed by atoms with van der Waals surface area (Å²) in [5, 5.41) is 13.5. The van der Waals surface area contributed by atoms with Crippen molar-refractivity contribution in [3.63, 3.8) is 0 Å². The van der Waals surface area contributed by atoms with Crippen LogP contribution in [0.5, 0.6) is 0 Å². The summed E-state index contributed by atoms with van der Waals surface area (Å²) in [7, 11) is 0. The van der Waals surface area contributed by atoms with E-state index in [-0.39, 0.29) is 11.8 Å². The molecule has 0 radical (unpaired) electrons. The lowest BCUT2D eigenvalue weighted by Crippen LogP contribution is -2.39. The first kappa shape index (κ1) is 18.0. The van der Waals surface area contributed by atoms with Crippen LogP contribution in [-0.2, 0) is 9.59 Å². The van der Waals surface area contributed by atoms with Gasteiger partial charge in [-0.2, -0.15) is 0 Å². The molecule has 0 unspecified atom stereocenters. The van der Waals surface area contributed by atoms with Crippen LogP contribution in [0.1, 0.15) is 32.6 Å². The monoisotopic (exact) mass is 385 g/mol. The molecule has 142 valence electrons. The van der Waals surface area contributed by atoms with Gasteiger partial charge in [0.05, 0.1) is 5.75 Å². The highest BCUT2D eigenvalue weighted by Crippen LogP contribution is 2.44. The summed E-state index contributed by atoms with van der Waals surface area (Å²) in [5.74, 6) is 2.35. The molecule has 1 heterocycles. The predicted molar refractivity (Wildman–Crippen MR) is 104 cm³/mol. The molecule has 1 aromatic carbocycles. The van der Waals surface area contributed by atoms with Crippen LogP contribution in [0.2, 0.25) is 0 Å². The molecule has 2 fully saturated rings. The summed E-state index contributed by atoms with van der Waals surface area (Å²) < 4.78 is 0. The van der Waals surface area contributed by atoms with Gasteiger partial charge >= 0.3 is 0 Å². The molecule has 0 saturated heterocycles. The van der Waals surface area contributed by atoms with Gasteiger partial charge in [0.25, 0.3) is 0 Å². The number of rotatable bonds is 6. The zero-order valence-electron chi connectivity index (χ0n) is 15.2. The molecule has 2 bridgehead atoms. The number of fused-ring (bicyclic) bond motifs is 2. The minimum atomic E-state index is -0.123. The van der Waals surface area contributed by atoms with Crippen LogP contribution in [0.3, 0.4) is 0 Å². The molecule has 7 nitrogen and oxygen atoms in total. The van der Waals surface area contributed by atoms with E-state index >= 15 is 0 Å². The number of carbonyl (C=O) groups excluding carboxylic acids is 2. The molecule has 3 atom stereocenters. The van der Waals surface area contributed by atoms with Gasteiger partial charge in [-0.15, -0.1) is 5.10 Å². The molecular formula is C19H23N5O2S. The standard InChI is InChI=1S/C19H23N5O2S/c1-11(25)20-15-4-2-3-14(9-15)18-22-19(24-23-18)27-10-17(26)21-16-8-12-5-6-13(16)7-12/h2-4,9,12-13,16H,5-8,10H2,1H3,(H,20,25)(H,21,26)(H,22,23,24)/t12-,13-,16+/m1/s1. The summed E-state index contributed by atoms with van der Waals surface area (Å²) in [6.45, 7) is 1.47. The molecule has 0 spiro atoms. The number of nitrogens with one attached hydrogen (secondary N) is 3. The zero-order chi connectivity index (χ0) is 18.8. The SMILES string of the molecule is CC(=O)Nc1cccc(-c2nc(SCC(=O)N[C@H]3C[C@@H]4CC[C@@H]3C4)n[nH]2)c1. The second kappa shape index (κ2) is 7.72. The van der Waals surface area contributed by atoms with E-state index in [2.05, 4.69) is 25.8 Å². The number of hydrogen-bond acceptors (Lipinski definition) is 5. The average Bonchev–Trinajstić information content (AvgIpc) is 3.36.